The van der Waals surface area contributed by atoms with Crippen molar-refractivity contribution in [1.82, 2.24) is 15.0 Å². The standard InChI is InChI=1S/C10H15NO4S.C9H11N.C6H6BrN.C3H5.BF3.K/c1-8-4-5-9(6-11-8)10(2,12)7-15-16(3,13)14;1-7(2)9-5-4-8(3)10-6-9;1-5-2-3-6(7)4-8-5;1-3-2;2-1(3)4;/h4-6,12H,7H2,1-3H3;4-6H,1H2,2-3H3;2-4H,1H3;1H2,2H3;;/q;;;-1;;+1/t10-;;;;;/m1...../s1. The van der Waals surface area contributed by atoms with E-state index < -0.39 is 23.3 Å². The normalized spacial score (nSPS) is 11.0. The van der Waals surface area contributed by atoms with E-state index in [0.29, 0.717) is 5.56 Å². The van der Waals surface area contributed by atoms with Gasteiger partial charge in [0.15, 0.2) is 0 Å². The van der Waals surface area contributed by atoms with Gasteiger partial charge in [-0.2, -0.15) is 15.3 Å². The molecule has 3 rings (SSSR count). The molecule has 0 fully saturated rings. The molecule has 3 heterocycles. The monoisotopic (exact) mass is 697 g/mol. The number of aromatic nitrogens is 3. The summed E-state index contributed by atoms with van der Waals surface area (Å²) >= 11 is 3.28. The summed E-state index contributed by atoms with van der Waals surface area (Å²) in [4.78, 5) is 12.2. The van der Waals surface area contributed by atoms with Gasteiger partial charge in [-0.25, -0.2) is 0 Å². The third-order valence-electron chi connectivity index (χ3n) is 4.37. The van der Waals surface area contributed by atoms with Crippen LogP contribution in [0, 0.1) is 26.8 Å². The van der Waals surface area contributed by atoms with Crippen molar-refractivity contribution in [3.63, 3.8) is 0 Å². The van der Waals surface area contributed by atoms with Crippen LogP contribution >= 0.6 is 15.9 Å². The van der Waals surface area contributed by atoms with Gasteiger partial charge < -0.3 is 11.2 Å². The van der Waals surface area contributed by atoms with Crippen LogP contribution in [-0.4, -0.2) is 48.9 Å². The van der Waals surface area contributed by atoms with Crippen LogP contribution in [0.2, 0.25) is 0 Å². The number of hydrogen-bond donors (Lipinski definition) is 1. The van der Waals surface area contributed by atoms with Gasteiger partial charge in [-0.05, 0) is 86.0 Å². The third kappa shape index (κ3) is 26.4. The fraction of sp³-hybridized carbons (Fsp3) is 0.321. The smallest absolute Gasteiger partial charge is 0.507 e. The summed E-state index contributed by atoms with van der Waals surface area (Å²) < 4.78 is 56.2. The van der Waals surface area contributed by atoms with Gasteiger partial charge in [-0.1, -0.05) is 18.7 Å². The van der Waals surface area contributed by atoms with E-state index in [-0.39, 0.29) is 58.0 Å². The number of allylic oxidation sites excluding steroid dienone is 2. The fourth-order valence-corrected chi connectivity index (χ4v) is 2.94. The molecule has 14 heteroatoms. The van der Waals surface area contributed by atoms with E-state index in [1.54, 1.807) is 25.3 Å². The first kappa shape index (κ1) is 45.2. The van der Waals surface area contributed by atoms with E-state index in [4.69, 9.17) is 0 Å². The number of rotatable bonds is 5. The van der Waals surface area contributed by atoms with Crippen LogP contribution in [0.4, 0.5) is 12.9 Å². The van der Waals surface area contributed by atoms with Crippen LogP contribution in [0.3, 0.4) is 0 Å². The van der Waals surface area contributed by atoms with E-state index in [2.05, 4.69) is 54.3 Å². The molecule has 42 heavy (non-hydrogen) atoms. The van der Waals surface area contributed by atoms with Crippen molar-refractivity contribution < 1.29 is 82.0 Å². The van der Waals surface area contributed by atoms with Crippen molar-refractivity contribution in [1.29, 1.82) is 0 Å². The number of nitrogens with zero attached hydrogens (tertiary/aromatic N) is 3. The largest absolute Gasteiger partial charge is 1.00 e. The van der Waals surface area contributed by atoms with Crippen LogP contribution in [0.25, 0.3) is 5.57 Å². The van der Waals surface area contributed by atoms with Crippen molar-refractivity contribution in [2.45, 2.75) is 47.1 Å². The number of aryl methyl sites for hydroxylation is 3. The van der Waals surface area contributed by atoms with E-state index in [1.165, 1.54) is 13.1 Å². The van der Waals surface area contributed by atoms with Crippen molar-refractivity contribution in [2.24, 2.45) is 0 Å². The second kappa shape index (κ2) is 24.1. The van der Waals surface area contributed by atoms with Crippen LogP contribution in [0.1, 0.15) is 49.0 Å². The Bertz CT molecular complexity index is 1250. The molecule has 0 amide bonds. The number of hydrogen-bond acceptors (Lipinski definition) is 7. The number of pyridine rings is 3. The average molecular weight is 698 g/mol. The summed E-state index contributed by atoms with van der Waals surface area (Å²) in [5, 5.41) is 10.0. The molecule has 0 spiro atoms. The summed E-state index contributed by atoms with van der Waals surface area (Å²) in [5.74, 6) is 0. The minimum absolute atomic E-state index is 0. The molecule has 7 nitrogen and oxygen atoms in total. The van der Waals surface area contributed by atoms with Crippen LogP contribution < -0.4 is 51.4 Å². The summed E-state index contributed by atoms with van der Waals surface area (Å²) in [6.45, 7) is 17.7. The minimum Gasteiger partial charge on any atom is -0.507 e. The first-order valence-electron chi connectivity index (χ1n) is 11.9. The quantitative estimate of drug-likeness (QED) is 0.244. The molecule has 0 saturated carbocycles. The fourth-order valence-electron chi connectivity index (χ4n) is 2.26. The van der Waals surface area contributed by atoms with Gasteiger partial charge in [0.1, 0.15) is 5.60 Å². The maximum absolute atomic E-state index is 10.8. The Labute approximate surface area is 300 Å². The Morgan fingerprint density at radius 3 is 1.69 bits per heavy atom. The molecule has 1 N–H and O–H groups in total. The molecule has 0 unspecified atom stereocenters. The van der Waals surface area contributed by atoms with Gasteiger partial charge in [-0.3, -0.25) is 38.7 Å². The molecule has 0 aliphatic rings. The molecular weight excluding hydrogens is 661 g/mol. The maximum Gasteiger partial charge on any atom is 1.00 e. The van der Waals surface area contributed by atoms with Gasteiger partial charge >= 0.3 is 58.9 Å². The van der Waals surface area contributed by atoms with E-state index in [9.17, 15) is 26.5 Å². The predicted molar refractivity (Wildman–Crippen MR) is 163 cm³/mol. The van der Waals surface area contributed by atoms with Crippen LogP contribution in [0.5, 0.6) is 0 Å². The molecule has 1 atom stereocenters. The van der Waals surface area contributed by atoms with Crippen molar-refractivity contribution in [2.75, 3.05) is 12.9 Å². The molecule has 0 aliphatic carbocycles. The summed E-state index contributed by atoms with van der Waals surface area (Å²) in [7, 11) is -7.22. The molecule has 0 aromatic carbocycles. The van der Waals surface area contributed by atoms with Crippen molar-refractivity contribution >= 4 is 39.2 Å². The molecule has 3 aromatic rings. The molecule has 0 radical (unpaired) electrons. The predicted octanol–water partition coefficient (Wildman–Crippen LogP) is 4.03. The van der Waals surface area contributed by atoms with Gasteiger partial charge in [0.25, 0.3) is 10.1 Å². The summed E-state index contributed by atoms with van der Waals surface area (Å²) in [6.07, 6.45) is 8.57. The zero-order valence-corrected chi connectivity index (χ0v) is 30.9. The van der Waals surface area contributed by atoms with Crippen molar-refractivity contribution in [3.8, 4) is 0 Å². The molecule has 3 aromatic heterocycles. The Morgan fingerprint density at radius 1 is 1.00 bits per heavy atom. The zero-order chi connectivity index (χ0) is 32.2. The van der Waals surface area contributed by atoms with Gasteiger partial charge in [0, 0.05) is 45.7 Å². The van der Waals surface area contributed by atoms with Crippen LogP contribution in [0.15, 0.2) is 72.6 Å². The second-order valence-corrected chi connectivity index (χ2v) is 11.2. The SMILES string of the molecule is C=C(C)c1ccc(C)nc1.C=[C-]C.Cc1ccc(Br)cn1.Cc1ccc([C@](C)(O)COS(C)(=O)=O)cn1.FB(F)F.[K+]. The third-order valence-corrected chi connectivity index (χ3v) is 5.38. The molecule has 226 valence electrons. The van der Waals surface area contributed by atoms with Gasteiger partial charge in [-0.15, -0.1) is 0 Å². The number of aliphatic hydroxyl groups is 1. The molecular formula is C28H37BBrF3KN3O4S. The van der Waals surface area contributed by atoms with E-state index in [1.807, 2.05) is 58.2 Å². The number of halogens is 4. The zero-order valence-electron chi connectivity index (χ0n) is 25.3. The molecule has 0 aliphatic heterocycles. The Morgan fingerprint density at radius 2 is 1.40 bits per heavy atom. The minimum atomic E-state index is -3.67. The van der Waals surface area contributed by atoms with E-state index >= 15 is 0 Å². The summed E-state index contributed by atoms with van der Waals surface area (Å²) in [6, 6.07) is 11.4. The first-order chi connectivity index (χ1) is 18.8. The van der Waals surface area contributed by atoms with Gasteiger partial charge in [0.05, 0.1) is 12.9 Å². The average Bonchev–Trinajstić information content (AvgIpc) is 2.86. The van der Waals surface area contributed by atoms with Gasteiger partial charge in [0.2, 0.25) is 0 Å². The molecule has 0 bridgehead atoms. The topological polar surface area (TPSA) is 102 Å². The maximum atomic E-state index is 10.8. The summed E-state index contributed by atoms with van der Waals surface area (Å²) in [5.41, 5.74) is 4.24. The van der Waals surface area contributed by atoms with Crippen LogP contribution in [-0.2, 0) is 19.9 Å². The Kier molecular flexibility index (Phi) is 26.0. The van der Waals surface area contributed by atoms with Crippen molar-refractivity contribution in [3.05, 3.63) is 107 Å². The second-order valence-electron chi connectivity index (χ2n) is 8.62. The first-order valence-corrected chi connectivity index (χ1v) is 14.5. The Hall–Kier alpha value is -1.23. The molecule has 0 saturated heterocycles. The Balaban J connectivity index is -0.000000504. The van der Waals surface area contributed by atoms with E-state index in [0.717, 1.165) is 38.9 Å².